The van der Waals surface area contributed by atoms with Gasteiger partial charge < -0.3 is 0 Å². The van der Waals surface area contributed by atoms with Crippen LogP contribution in [0.25, 0.3) is 0 Å². The highest BCUT2D eigenvalue weighted by Gasteiger charge is 2.33. The Labute approximate surface area is 175 Å². The van der Waals surface area contributed by atoms with Gasteiger partial charge in [-0.1, -0.05) is 0 Å². The van der Waals surface area contributed by atoms with Crippen molar-refractivity contribution in [2.45, 2.75) is 23.9 Å². The molecule has 2 aromatic carbocycles. The highest BCUT2D eigenvalue weighted by atomic mass is 32.2. The quantitative estimate of drug-likeness (QED) is 0.507. The lowest BCUT2D eigenvalue weighted by Gasteiger charge is -2.15. The van der Waals surface area contributed by atoms with Crippen LogP contribution in [0.4, 0.5) is 24.5 Å². The Morgan fingerprint density at radius 1 is 1.06 bits per heavy atom. The van der Waals surface area contributed by atoms with Crippen LogP contribution < -0.4 is 10.9 Å². The number of halogens is 3. The van der Waals surface area contributed by atoms with Crippen LogP contribution in [0.1, 0.15) is 28.8 Å². The van der Waals surface area contributed by atoms with Crippen LogP contribution in [0, 0.1) is 10.1 Å². The van der Waals surface area contributed by atoms with Crippen molar-refractivity contribution in [1.29, 1.82) is 0 Å². The molecule has 1 saturated heterocycles. The van der Waals surface area contributed by atoms with Gasteiger partial charge in [-0.25, -0.2) is 8.42 Å². The first-order valence-corrected chi connectivity index (χ1v) is 10.5. The number of sulfonamides is 1. The Bertz CT molecular complexity index is 1100. The van der Waals surface area contributed by atoms with Gasteiger partial charge in [-0.2, -0.15) is 17.5 Å². The number of amides is 1. The van der Waals surface area contributed by atoms with Crippen molar-refractivity contribution in [1.82, 2.24) is 9.73 Å². The molecule has 0 aliphatic carbocycles. The number of hydrogen-bond donors (Lipinski definition) is 2. The molecule has 13 heteroatoms. The molecular weight excluding hydrogens is 441 g/mol. The maximum absolute atomic E-state index is 12.8. The second kappa shape index (κ2) is 8.51. The second-order valence-electron chi connectivity index (χ2n) is 6.70. The van der Waals surface area contributed by atoms with Crippen molar-refractivity contribution in [3.05, 3.63) is 63.7 Å². The minimum Gasteiger partial charge on any atom is -0.292 e. The molecular formula is C18H17F3N4O5S. The summed E-state index contributed by atoms with van der Waals surface area (Å²) in [5.74, 6) is -0.765. The van der Waals surface area contributed by atoms with E-state index in [1.165, 1.54) is 28.6 Å². The molecule has 3 rings (SSSR count). The summed E-state index contributed by atoms with van der Waals surface area (Å²) in [5.41, 5.74) is 1.99. The number of nitrogens with one attached hydrogen (secondary N) is 2. The summed E-state index contributed by atoms with van der Waals surface area (Å²) in [5, 5.41) is 11.1. The number of anilines is 1. The predicted octanol–water partition coefficient (Wildman–Crippen LogP) is 3.16. The van der Waals surface area contributed by atoms with Gasteiger partial charge in [-0.3, -0.25) is 25.8 Å². The van der Waals surface area contributed by atoms with Crippen LogP contribution in [0.3, 0.4) is 0 Å². The zero-order chi connectivity index (χ0) is 22.8. The summed E-state index contributed by atoms with van der Waals surface area (Å²) in [6.07, 6.45) is -3.20. The van der Waals surface area contributed by atoms with Gasteiger partial charge in [0.1, 0.15) is 5.69 Å². The van der Waals surface area contributed by atoms with Crippen molar-refractivity contribution in [2.24, 2.45) is 0 Å². The molecule has 31 heavy (non-hydrogen) atoms. The fourth-order valence-corrected chi connectivity index (χ4v) is 4.53. The second-order valence-corrected chi connectivity index (χ2v) is 8.64. The smallest absolute Gasteiger partial charge is 0.292 e. The van der Waals surface area contributed by atoms with E-state index in [9.17, 15) is 36.5 Å². The van der Waals surface area contributed by atoms with Gasteiger partial charge in [0.05, 0.1) is 15.4 Å². The first-order chi connectivity index (χ1) is 14.5. The van der Waals surface area contributed by atoms with Gasteiger partial charge in [-0.15, -0.1) is 0 Å². The van der Waals surface area contributed by atoms with Gasteiger partial charge in [0, 0.05) is 24.7 Å². The molecule has 1 heterocycles. The van der Waals surface area contributed by atoms with Gasteiger partial charge >= 0.3 is 6.18 Å². The molecule has 1 amide bonds. The largest absolute Gasteiger partial charge is 0.416 e. The highest BCUT2D eigenvalue weighted by Crippen LogP contribution is 2.34. The fraction of sp³-hybridized carbons (Fsp3) is 0.278. The SMILES string of the molecule is O=C(NNc1ccc(C(F)(F)F)cc1[N+](=O)[O-])c1ccc(S(=O)(=O)N2CCCC2)cc1. The van der Waals surface area contributed by atoms with Crippen molar-refractivity contribution in [2.75, 3.05) is 18.5 Å². The summed E-state index contributed by atoms with van der Waals surface area (Å²) in [4.78, 5) is 22.4. The highest BCUT2D eigenvalue weighted by molar-refractivity contribution is 7.89. The standard InChI is InChI=1S/C18H17F3N4O5S/c19-18(20,21)13-5-8-15(16(11-13)25(27)28)22-23-17(26)12-3-6-14(7-4-12)31(29,30)24-9-1-2-10-24/h3-8,11,22H,1-2,9-10H2,(H,23,26). The van der Waals surface area contributed by atoms with Crippen molar-refractivity contribution >= 4 is 27.3 Å². The molecule has 0 saturated carbocycles. The third-order valence-corrected chi connectivity index (χ3v) is 6.56. The third-order valence-electron chi connectivity index (χ3n) is 4.65. The number of hydrogen-bond acceptors (Lipinski definition) is 6. The number of carbonyl (C=O) groups is 1. The number of carbonyl (C=O) groups excluding carboxylic acids is 1. The maximum atomic E-state index is 12.8. The average molecular weight is 458 g/mol. The normalized spacial score (nSPS) is 14.9. The van der Waals surface area contributed by atoms with E-state index >= 15 is 0 Å². The number of rotatable bonds is 6. The zero-order valence-electron chi connectivity index (χ0n) is 15.8. The molecule has 0 aromatic heterocycles. The van der Waals surface area contributed by atoms with Crippen LogP contribution in [0.15, 0.2) is 47.4 Å². The third kappa shape index (κ3) is 4.94. The molecule has 0 radical (unpaired) electrons. The van der Waals surface area contributed by atoms with Gasteiger partial charge in [-0.05, 0) is 49.2 Å². The summed E-state index contributed by atoms with van der Waals surface area (Å²) < 4.78 is 64.6. The molecule has 1 aliphatic rings. The maximum Gasteiger partial charge on any atom is 0.416 e. The number of nitrogens with zero attached hydrogens (tertiary/aromatic N) is 2. The van der Waals surface area contributed by atoms with Gasteiger partial charge in [0.2, 0.25) is 10.0 Å². The molecule has 0 unspecified atom stereocenters. The number of alkyl halides is 3. The summed E-state index contributed by atoms with van der Waals surface area (Å²) in [6.45, 7) is 0.862. The number of hydrazine groups is 1. The van der Waals surface area contributed by atoms with Crippen LogP contribution in [0.2, 0.25) is 0 Å². The van der Waals surface area contributed by atoms with Crippen LogP contribution in [0.5, 0.6) is 0 Å². The van der Waals surface area contributed by atoms with Gasteiger partial charge in [0.15, 0.2) is 0 Å². The van der Waals surface area contributed by atoms with E-state index in [-0.39, 0.29) is 16.1 Å². The molecule has 166 valence electrons. The first-order valence-electron chi connectivity index (χ1n) is 9.02. The number of nitro groups is 1. The topological polar surface area (TPSA) is 122 Å². The van der Waals surface area contributed by atoms with Gasteiger partial charge in [0.25, 0.3) is 11.6 Å². The fourth-order valence-electron chi connectivity index (χ4n) is 3.02. The first kappa shape index (κ1) is 22.5. The van der Waals surface area contributed by atoms with Crippen LogP contribution in [-0.4, -0.2) is 36.6 Å². The molecule has 2 N–H and O–H groups in total. The van der Waals surface area contributed by atoms with Crippen molar-refractivity contribution in [3.8, 4) is 0 Å². The van der Waals surface area contributed by atoms with E-state index in [0.29, 0.717) is 25.2 Å². The summed E-state index contributed by atoms with van der Waals surface area (Å²) in [7, 11) is -3.65. The predicted molar refractivity (Wildman–Crippen MR) is 104 cm³/mol. The minimum atomic E-state index is -4.76. The summed E-state index contributed by atoms with van der Waals surface area (Å²) in [6, 6.07) is 6.88. The number of nitro benzene ring substituents is 1. The lowest BCUT2D eigenvalue weighted by Crippen LogP contribution is -2.30. The van der Waals surface area contributed by atoms with E-state index in [4.69, 9.17) is 0 Å². The molecule has 0 spiro atoms. The van der Waals surface area contributed by atoms with E-state index < -0.39 is 38.3 Å². The molecule has 0 atom stereocenters. The molecule has 1 fully saturated rings. The molecule has 0 bridgehead atoms. The Morgan fingerprint density at radius 3 is 2.23 bits per heavy atom. The average Bonchev–Trinajstić information content (AvgIpc) is 3.27. The van der Waals surface area contributed by atoms with Crippen LogP contribution in [-0.2, 0) is 16.2 Å². The summed E-state index contributed by atoms with van der Waals surface area (Å²) >= 11 is 0. The van der Waals surface area contributed by atoms with E-state index in [1.807, 2.05) is 0 Å². The zero-order valence-corrected chi connectivity index (χ0v) is 16.7. The van der Waals surface area contributed by atoms with E-state index in [0.717, 1.165) is 18.9 Å². The lowest BCUT2D eigenvalue weighted by molar-refractivity contribution is -0.384. The monoisotopic (exact) mass is 458 g/mol. The van der Waals surface area contributed by atoms with E-state index in [2.05, 4.69) is 10.9 Å². The minimum absolute atomic E-state index is 0.0253. The Kier molecular flexibility index (Phi) is 6.18. The number of benzene rings is 2. The lowest BCUT2D eigenvalue weighted by atomic mass is 10.1. The van der Waals surface area contributed by atoms with E-state index in [1.54, 1.807) is 0 Å². The molecule has 1 aliphatic heterocycles. The Morgan fingerprint density at radius 2 is 1.68 bits per heavy atom. The molecule has 9 nitrogen and oxygen atoms in total. The van der Waals surface area contributed by atoms with Crippen molar-refractivity contribution < 1.29 is 31.3 Å². The Balaban J connectivity index is 1.72. The Hall–Kier alpha value is -3.19. The molecule has 2 aromatic rings. The van der Waals surface area contributed by atoms with Crippen LogP contribution >= 0.6 is 0 Å². The van der Waals surface area contributed by atoms with Crippen molar-refractivity contribution in [3.63, 3.8) is 0 Å².